The summed E-state index contributed by atoms with van der Waals surface area (Å²) in [6.07, 6.45) is 11.0. The first kappa shape index (κ1) is 15.6. The SMILES string of the molecule is COCCCn1cc(C)nc1NCCCCn1ccnc1. The maximum atomic E-state index is 5.10. The quantitative estimate of drug-likeness (QED) is 0.683. The summed E-state index contributed by atoms with van der Waals surface area (Å²) in [5.74, 6) is 0.964. The van der Waals surface area contributed by atoms with Gasteiger partial charge < -0.3 is 19.2 Å². The lowest BCUT2D eigenvalue weighted by atomic mass is 10.3. The Kier molecular flexibility index (Phi) is 6.27. The van der Waals surface area contributed by atoms with Crippen LogP contribution in [-0.4, -0.2) is 39.4 Å². The molecule has 2 aromatic heterocycles. The number of nitrogens with one attached hydrogen (secondary N) is 1. The van der Waals surface area contributed by atoms with E-state index in [4.69, 9.17) is 4.74 Å². The summed E-state index contributed by atoms with van der Waals surface area (Å²) in [7, 11) is 1.73. The molecular weight excluding hydrogens is 266 g/mol. The molecule has 116 valence electrons. The molecule has 2 aromatic rings. The number of aryl methyl sites for hydroxylation is 3. The molecule has 0 atom stereocenters. The molecule has 0 radical (unpaired) electrons. The molecule has 2 rings (SSSR count). The summed E-state index contributed by atoms with van der Waals surface area (Å²) in [5, 5.41) is 3.43. The van der Waals surface area contributed by atoms with Gasteiger partial charge in [-0.2, -0.15) is 0 Å². The molecule has 1 N–H and O–H groups in total. The van der Waals surface area contributed by atoms with Gasteiger partial charge in [0, 0.05) is 51.9 Å². The van der Waals surface area contributed by atoms with Crippen LogP contribution in [0.2, 0.25) is 0 Å². The number of ether oxygens (including phenoxy) is 1. The Balaban J connectivity index is 1.69. The van der Waals surface area contributed by atoms with E-state index in [2.05, 4.69) is 30.6 Å². The zero-order valence-corrected chi connectivity index (χ0v) is 13.0. The van der Waals surface area contributed by atoms with E-state index < -0.39 is 0 Å². The van der Waals surface area contributed by atoms with Gasteiger partial charge in [0.05, 0.1) is 12.0 Å². The standard InChI is InChI=1S/C15H25N5O/c1-14-12-20(9-5-11-21-2)15(18-14)17-6-3-4-8-19-10-7-16-13-19/h7,10,12-13H,3-6,8-9,11H2,1-2H3,(H,17,18). The molecule has 0 bridgehead atoms. The molecule has 0 aromatic carbocycles. The molecule has 0 fully saturated rings. The topological polar surface area (TPSA) is 56.9 Å². The first-order chi connectivity index (χ1) is 10.3. The van der Waals surface area contributed by atoms with Gasteiger partial charge >= 0.3 is 0 Å². The van der Waals surface area contributed by atoms with E-state index in [1.54, 1.807) is 7.11 Å². The van der Waals surface area contributed by atoms with Gasteiger partial charge in [-0.1, -0.05) is 0 Å². The summed E-state index contributed by atoms with van der Waals surface area (Å²) in [4.78, 5) is 8.58. The highest BCUT2D eigenvalue weighted by molar-refractivity contribution is 5.28. The van der Waals surface area contributed by atoms with E-state index >= 15 is 0 Å². The first-order valence-electron chi connectivity index (χ1n) is 7.52. The fraction of sp³-hybridized carbons (Fsp3) is 0.600. The van der Waals surface area contributed by atoms with Crippen molar-refractivity contribution in [1.29, 1.82) is 0 Å². The minimum Gasteiger partial charge on any atom is -0.385 e. The van der Waals surface area contributed by atoms with Crippen molar-refractivity contribution in [2.24, 2.45) is 0 Å². The largest absolute Gasteiger partial charge is 0.385 e. The highest BCUT2D eigenvalue weighted by atomic mass is 16.5. The number of methoxy groups -OCH3 is 1. The Labute approximate surface area is 126 Å². The highest BCUT2D eigenvalue weighted by Crippen LogP contribution is 2.09. The maximum Gasteiger partial charge on any atom is 0.203 e. The van der Waals surface area contributed by atoms with Crippen LogP contribution < -0.4 is 5.32 Å². The fourth-order valence-electron chi connectivity index (χ4n) is 2.28. The van der Waals surface area contributed by atoms with Crippen molar-refractivity contribution in [3.8, 4) is 0 Å². The van der Waals surface area contributed by atoms with Crippen LogP contribution in [0, 0.1) is 6.92 Å². The van der Waals surface area contributed by atoms with Crippen molar-refractivity contribution in [1.82, 2.24) is 19.1 Å². The van der Waals surface area contributed by atoms with Crippen LogP contribution in [0.3, 0.4) is 0 Å². The van der Waals surface area contributed by atoms with Crippen LogP contribution in [0.4, 0.5) is 5.95 Å². The average molecular weight is 291 g/mol. The molecule has 0 amide bonds. The van der Waals surface area contributed by atoms with E-state index in [1.165, 1.54) is 0 Å². The lowest BCUT2D eigenvalue weighted by Crippen LogP contribution is -2.10. The predicted octanol–water partition coefficient (Wildman–Crippen LogP) is 2.32. The summed E-state index contributed by atoms with van der Waals surface area (Å²) < 4.78 is 9.37. The molecule has 0 saturated carbocycles. The van der Waals surface area contributed by atoms with Gasteiger partial charge in [-0.3, -0.25) is 0 Å². The number of rotatable bonds is 10. The van der Waals surface area contributed by atoms with Crippen molar-refractivity contribution in [3.63, 3.8) is 0 Å². The Morgan fingerprint density at radius 1 is 1.24 bits per heavy atom. The smallest absolute Gasteiger partial charge is 0.203 e. The van der Waals surface area contributed by atoms with Gasteiger partial charge in [-0.15, -0.1) is 0 Å². The monoisotopic (exact) mass is 291 g/mol. The second-order valence-electron chi connectivity index (χ2n) is 5.18. The molecule has 6 heteroatoms. The molecule has 2 heterocycles. The van der Waals surface area contributed by atoms with Crippen LogP contribution >= 0.6 is 0 Å². The van der Waals surface area contributed by atoms with Gasteiger partial charge in [0.15, 0.2) is 0 Å². The summed E-state index contributed by atoms with van der Waals surface area (Å²) >= 11 is 0. The number of nitrogens with zero attached hydrogens (tertiary/aromatic N) is 4. The van der Waals surface area contributed by atoms with Crippen molar-refractivity contribution in [2.45, 2.75) is 39.3 Å². The van der Waals surface area contributed by atoms with Gasteiger partial charge in [0.1, 0.15) is 0 Å². The average Bonchev–Trinajstić information content (AvgIpc) is 3.09. The highest BCUT2D eigenvalue weighted by Gasteiger charge is 2.04. The van der Waals surface area contributed by atoms with Crippen LogP contribution in [0.15, 0.2) is 24.9 Å². The zero-order chi connectivity index (χ0) is 14.9. The molecule has 0 aliphatic heterocycles. The predicted molar refractivity (Wildman–Crippen MR) is 83.4 cm³/mol. The van der Waals surface area contributed by atoms with Gasteiger partial charge in [0.25, 0.3) is 0 Å². The van der Waals surface area contributed by atoms with Crippen LogP contribution in [-0.2, 0) is 17.8 Å². The summed E-state index contributed by atoms with van der Waals surface area (Å²) in [6, 6.07) is 0. The van der Waals surface area contributed by atoms with Gasteiger partial charge in [-0.05, 0) is 26.2 Å². The summed E-state index contributed by atoms with van der Waals surface area (Å²) in [5.41, 5.74) is 1.05. The minimum atomic E-state index is 0.779. The second kappa shape index (κ2) is 8.46. The van der Waals surface area contributed by atoms with E-state index in [0.29, 0.717) is 0 Å². The Bertz CT molecular complexity index is 506. The molecule has 0 spiro atoms. The minimum absolute atomic E-state index is 0.779. The van der Waals surface area contributed by atoms with Gasteiger partial charge in [0.2, 0.25) is 5.95 Å². The zero-order valence-electron chi connectivity index (χ0n) is 13.0. The Morgan fingerprint density at radius 2 is 2.14 bits per heavy atom. The number of anilines is 1. The van der Waals surface area contributed by atoms with Crippen molar-refractivity contribution in [2.75, 3.05) is 25.6 Å². The number of aromatic nitrogens is 4. The lowest BCUT2D eigenvalue weighted by molar-refractivity contribution is 0.190. The first-order valence-corrected chi connectivity index (χ1v) is 7.52. The van der Waals surface area contributed by atoms with E-state index in [0.717, 1.165) is 57.1 Å². The second-order valence-corrected chi connectivity index (χ2v) is 5.18. The van der Waals surface area contributed by atoms with Gasteiger partial charge in [-0.25, -0.2) is 9.97 Å². The third kappa shape index (κ3) is 5.23. The molecule has 0 saturated heterocycles. The van der Waals surface area contributed by atoms with Crippen LogP contribution in [0.25, 0.3) is 0 Å². The number of imidazole rings is 2. The molecule has 21 heavy (non-hydrogen) atoms. The number of unbranched alkanes of at least 4 members (excludes halogenated alkanes) is 1. The Hall–Kier alpha value is -1.82. The molecule has 0 unspecified atom stereocenters. The molecular formula is C15H25N5O. The van der Waals surface area contributed by atoms with E-state index in [1.807, 2.05) is 25.6 Å². The lowest BCUT2D eigenvalue weighted by Gasteiger charge is -2.09. The number of hydrogen-bond donors (Lipinski definition) is 1. The molecule has 0 aliphatic rings. The van der Waals surface area contributed by atoms with Crippen molar-refractivity contribution >= 4 is 5.95 Å². The summed E-state index contributed by atoms with van der Waals surface area (Å²) in [6.45, 7) is 5.70. The normalized spacial score (nSPS) is 11.0. The number of hydrogen-bond acceptors (Lipinski definition) is 4. The molecule has 0 aliphatic carbocycles. The Morgan fingerprint density at radius 3 is 2.90 bits per heavy atom. The van der Waals surface area contributed by atoms with Crippen molar-refractivity contribution < 1.29 is 4.74 Å². The third-order valence-electron chi connectivity index (χ3n) is 3.33. The third-order valence-corrected chi connectivity index (χ3v) is 3.33. The maximum absolute atomic E-state index is 5.10. The van der Waals surface area contributed by atoms with Crippen LogP contribution in [0.1, 0.15) is 25.0 Å². The van der Waals surface area contributed by atoms with E-state index in [9.17, 15) is 0 Å². The van der Waals surface area contributed by atoms with Crippen LogP contribution in [0.5, 0.6) is 0 Å². The van der Waals surface area contributed by atoms with E-state index in [-0.39, 0.29) is 0 Å². The fourth-order valence-corrected chi connectivity index (χ4v) is 2.28. The molecule has 6 nitrogen and oxygen atoms in total. The van der Waals surface area contributed by atoms with Crippen molar-refractivity contribution in [3.05, 3.63) is 30.6 Å².